The van der Waals surface area contributed by atoms with Crippen molar-refractivity contribution in [2.24, 2.45) is 10.8 Å². The summed E-state index contributed by atoms with van der Waals surface area (Å²) in [5.74, 6) is 5.34. The van der Waals surface area contributed by atoms with Gasteiger partial charge in [-0.25, -0.2) is 15.2 Å². The fraction of sp³-hybridized carbons (Fsp3) is 0.462. The fourth-order valence-corrected chi connectivity index (χ4v) is 2.44. The number of nitrogens with one attached hydrogen (secondary N) is 2. The monoisotopic (exact) mass is 284 g/mol. The quantitative estimate of drug-likeness (QED) is 0.338. The predicted molar refractivity (Wildman–Crippen MR) is 76.7 cm³/mol. The molecule has 0 heterocycles. The van der Waals surface area contributed by atoms with Crippen LogP contribution in [0.5, 0.6) is 0 Å². The van der Waals surface area contributed by atoms with Crippen LogP contribution >= 0.6 is 11.6 Å². The molecule has 0 amide bonds. The summed E-state index contributed by atoms with van der Waals surface area (Å²) in [4.78, 5) is 4.48. The molecule has 1 saturated carbocycles. The summed E-state index contributed by atoms with van der Waals surface area (Å²) in [6.45, 7) is 0. The number of hydrogen-bond donors (Lipinski definition) is 3. The maximum absolute atomic E-state index is 13.7. The number of hydrogen-bond acceptors (Lipinski definition) is 2. The van der Waals surface area contributed by atoms with Crippen LogP contribution in [0.15, 0.2) is 23.2 Å². The van der Waals surface area contributed by atoms with Crippen LogP contribution in [-0.2, 0) is 0 Å². The highest BCUT2D eigenvalue weighted by Gasteiger charge is 2.14. The van der Waals surface area contributed by atoms with Crippen molar-refractivity contribution in [3.63, 3.8) is 0 Å². The van der Waals surface area contributed by atoms with Crippen molar-refractivity contribution >= 4 is 23.2 Å². The standard InChI is InChI=1S/C13H18ClFN4/c14-10-7-4-8-11(15)12(10)18-13(19-16)17-9-5-2-1-3-6-9/h4,7-9H,1-3,5-6,16H2,(H2,17,18,19). The Morgan fingerprint density at radius 3 is 2.68 bits per heavy atom. The Morgan fingerprint density at radius 2 is 2.05 bits per heavy atom. The second-order valence-electron chi connectivity index (χ2n) is 4.64. The molecule has 4 nitrogen and oxygen atoms in total. The molecule has 0 spiro atoms. The molecule has 0 aromatic heterocycles. The Balaban J connectivity index is 2.12. The Morgan fingerprint density at radius 1 is 1.32 bits per heavy atom. The topological polar surface area (TPSA) is 62.4 Å². The fourth-order valence-electron chi connectivity index (χ4n) is 2.23. The van der Waals surface area contributed by atoms with E-state index in [-0.39, 0.29) is 11.7 Å². The minimum atomic E-state index is -0.431. The lowest BCUT2D eigenvalue weighted by molar-refractivity contribution is 0.442. The molecule has 1 aromatic rings. The molecule has 6 heteroatoms. The van der Waals surface area contributed by atoms with Gasteiger partial charge in [-0.1, -0.05) is 36.9 Å². The van der Waals surface area contributed by atoms with Crippen molar-refractivity contribution in [2.75, 3.05) is 5.32 Å². The van der Waals surface area contributed by atoms with E-state index >= 15 is 0 Å². The number of benzene rings is 1. The van der Waals surface area contributed by atoms with E-state index in [1.165, 1.54) is 25.3 Å². The van der Waals surface area contributed by atoms with Gasteiger partial charge in [-0.3, -0.25) is 5.43 Å². The van der Waals surface area contributed by atoms with Crippen molar-refractivity contribution in [2.45, 2.75) is 38.1 Å². The van der Waals surface area contributed by atoms with Crippen LogP contribution in [0.2, 0.25) is 5.02 Å². The number of anilines is 1. The molecule has 0 saturated heterocycles. The molecule has 0 unspecified atom stereocenters. The first kappa shape index (κ1) is 14.1. The maximum Gasteiger partial charge on any atom is 0.210 e. The van der Waals surface area contributed by atoms with Crippen molar-refractivity contribution in [3.05, 3.63) is 29.0 Å². The summed E-state index contributed by atoms with van der Waals surface area (Å²) >= 11 is 5.95. The van der Waals surface area contributed by atoms with Gasteiger partial charge in [-0.05, 0) is 25.0 Å². The summed E-state index contributed by atoms with van der Waals surface area (Å²) in [6.07, 6.45) is 5.68. The summed E-state index contributed by atoms with van der Waals surface area (Å²) in [5, 5.41) is 3.12. The van der Waals surface area contributed by atoms with E-state index in [1.54, 1.807) is 12.1 Å². The number of hydrazine groups is 1. The summed E-state index contributed by atoms with van der Waals surface area (Å²) in [5.41, 5.74) is 2.66. The van der Waals surface area contributed by atoms with E-state index < -0.39 is 5.82 Å². The van der Waals surface area contributed by atoms with Crippen molar-refractivity contribution < 1.29 is 4.39 Å². The van der Waals surface area contributed by atoms with Crippen LogP contribution in [0.3, 0.4) is 0 Å². The number of para-hydroxylation sites is 1. The molecule has 2 rings (SSSR count). The van der Waals surface area contributed by atoms with Gasteiger partial charge in [0.05, 0.1) is 16.8 Å². The summed E-state index contributed by atoms with van der Waals surface area (Å²) in [6, 6.07) is 4.74. The van der Waals surface area contributed by atoms with Gasteiger partial charge in [0.25, 0.3) is 0 Å². The zero-order chi connectivity index (χ0) is 13.7. The highest BCUT2D eigenvalue weighted by atomic mass is 35.5. The average molecular weight is 285 g/mol. The summed E-state index contributed by atoms with van der Waals surface area (Å²) in [7, 11) is 0. The molecule has 1 aliphatic carbocycles. The maximum atomic E-state index is 13.7. The van der Waals surface area contributed by atoms with Gasteiger partial charge < -0.3 is 5.32 Å². The number of nitrogens with two attached hydrogens (primary N) is 1. The molecule has 104 valence electrons. The normalized spacial score (nSPS) is 17.3. The Hall–Kier alpha value is -1.33. The molecule has 1 fully saturated rings. The largest absolute Gasteiger partial charge is 0.322 e. The SMILES string of the molecule is NNC(=NC1CCCCC1)Nc1c(F)cccc1Cl. The minimum absolute atomic E-state index is 0.191. The van der Waals surface area contributed by atoms with E-state index in [4.69, 9.17) is 17.4 Å². The van der Waals surface area contributed by atoms with Crippen molar-refractivity contribution in [1.29, 1.82) is 0 Å². The van der Waals surface area contributed by atoms with Crippen molar-refractivity contribution in [3.8, 4) is 0 Å². The lowest BCUT2D eigenvalue weighted by Gasteiger charge is -2.20. The predicted octanol–water partition coefficient (Wildman–Crippen LogP) is 3.04. The zero-order valence-corrected chi connectivity index (χ0v) is 11.4. The van der Waals surface area contributed by atoms with Gasteiger partial charge in [-0.2, -0.15) is 0 Å². The molecular weight excluding hydrogens is 267 g/mol. The highest BCUT2D eigenvalue weighted by Crippen LogP contribution is 2.25. The second kappa shape index (κ2) is 6.73. The van der Waals surface area contributed by atoms with E-state index in [1.807, 2.05) is 0 Å². The second-order valence-corrected chi connectivity index (χ2v) is 5.04. The van der Waals surface area contributed by atoms with E-state index in [9.17, 15) is 4.39 Å². The van der Waals surface area contributed by atoms with Gasteiger partial charge in [0, 0.05) is 0 Å². The molecular formula is C13H18ClFN4. The molecule has 1 aliphatic rings. The molecule has 0 aliphatic heterocycles. The van der Waals surface area contributed by atoms with Crippen LogP contribution in [0.25, 0.3) is 0 Å². The van der Waals surface area contributed by atoms with Gasteiger partial charge in [0.15, 0.2) is 0 Å². The third kappa shape index (κ3) is 3.81. The van der Waals surface area contributed by atoms with Gasteiger partial charge in [0.1, 0.15) is 5.82 Å². The number of aliphatic imine (C=N–C) groups is 1. The molecule has 1 aromatic carbocycles. The van der Waals surface area contributed by atoms with Crippen LogP contribution < -0.4 is 16.6 Å². The van der Waals surface area contributed by atoms with Gasteiger partial charge >= 0.3 is 0 Å². The highest BCUT2D eigenvalue weighted by molar-refractivity contribution is 6.33. The molecule has 0 atom stereocenters. The Bertz CT molecular complexity index is 438. The number of rotatable bonds is 2. The molecule has 19 heavy (non-hydrogen) atoms. The first-order valence-electron chi connectivity index (χ1n) is 6.46. The van der Waals surface area contributed by atoms with Crippen LogP contribution in [0.1, 0.15) is 32.1 Å². The first-order valence-corrected chi connectivity index (χ1v) is 6.84. The Labute approximate surface area is 117 Å². The molecule has 0 bridgehead atoms. The zero-order valence-electron chi connectivity index (χ0n) is 10.6. The number of nitrogens with zero attached hydrogens (tertiary/aromatic N) is 1. The lowest BCUT2D eigenvalue weighted by Crippen LogP contribution is -2.37. The van der Waals surface area contributed by atoms with E-state index in [2.05, 4.69) is 15.7 Å². The van der Waals surface area contributed by atoms with Crippen LogP contribution in [0, 0.1) is 5.82 Å². The van der Waals surface area contributed by atoms with Crippen LogP contribution in [-0.4, -0.2) is 12.0 Å². The Kier molecular flexibility index (Phi) is 4.99. The molecule has 4 N–H and O–H groups in total. The average Bonchev–Trinajstić information content (AvgIpc) is 2.43. The first-order chi connectivity index (χ1) is 9.20. The third-order valence-electron chi connectivity index (χ3n) is 3.23. The summed E-state index contributed by atoms with van der Waals surface area (Å²) < 4.78 is 13.7. The number of guanidine groups is 1. The molecule has 0 radical (unpaired) electrons. The van der Waals surface area contributed by atoms with Gasteiger partial charge in [-0.15, -0.1) is 0 Å². The van der Waals surface area contributed by atoms with E-state index in [0.717, 1.165) is 12.8 Å². The van der Waals surface area contributed by atoms with Crippen LogP contribution in [0.4, 0.5) is 10.1 Å². The minimum Gasteiger partial charge on any atom is -0.322 e. The number of halogens is 2. The van der Waals surface area contributed by atoms with Gasteiger partial charge in [0.2, 0.25) is 5.96 Å². The smallest absolute Gasteiger partial charge is 0.210 e. The lowest BCUT2D eigenvalue weighted by atomic mass is 9.96. The third-order valence-corrected chi connectivity index (χ3v) is 3.54. The van der Waals surface area contributed by atoms with Crippen molar-refractivity contribution in [1.82, 2.24) is 5.43 Å². The van der Waals surface area contributed by atoms with E-state index in [0.29, 0.717) is 11.0 Å².